The number of nitrogens with one attached hydrogen (secondary N) is 2. The van der Waals surface area contributed by atoms with Crippen LogP contribution in [0.4, 0.5) is 4.79 Å². The summed E-state index contributed by atoms with van der Waals surface area (Å²) in [6.07, 6.45) is -0.0132. The summed E-state index contributed by atoms with van der Waals surface area (Å²) in [7, 11) is 1.42. The lowest BCUT2D eigenvalue weighted by Gasteiger charge is -2.33. The van der Waals surface area contributed by atoms with Gasteiger partial charge in [0.15, 0.2) is 0 Å². The summed E-state index contributed by atoms with van der Waals surface area (Å²) < 4.78 is 10.9. The van der Waals surface area contributed by atoms with E-state index in [2.05, 4.69) is 22.8 Å². The smallest absolute Gasteiger partial charge is 0.408 e. The number of methoxy groups -OCH3 is 1. The monoisotopic (exact) mass is 482 g/mol. The van der Waals surface area contributed by atoms with Crippen LogP contribution in [0.3, 0.4) is 0 Å². The normalized spacial score (nSPS) is 15.8. The van der Waals surface area contributed by atoms with Crippen LogP contribution in [0.25, 0.3) is 11.1 Å². The van der Waals surface area contributed by atoms with Gasteiger partial charge in [-0.1, -0.05) is 75.7 Å². The van der Waals surface area contributed by atoms with Crippen molar-refractivity contribution in [2.45, 2.75) is 51.1 Å². The Morgan fingerprint density at radius 2 is 1.60 bits per heavy atom. The molecule has 0 bridgehead atoms. The molecule has 8 nitrogen and oxygen atoms in total. The Labute approximate surface area is 206 Å². The summed E-state index contributed by atoms with van der Waals surface area (Å²) >= 11 is 0. The SMILES string of the molecule is CCC(C)[C@H](NC(=O)C(CC)(COC)NC(=O)OCC1c2ccccc2-c2ccccc21)C(=O)O. The molecule has 3 atom stereocenters. The lowest BCUT2D eigenvalue weighted by molar-refractivity contribution is -0.145. The van der Waals surface area contributed by atoms with Crippen molar-refractivity contribution in [3.05, 3.63) is 59.7 Å². The fraction of sp³-hybridized carbons (Fsp3) is 0.444. The topological polar surface area (TPSA) is 114 Å². The summed E-state index contributed by atoms with van der Waals surface area (Å²) in [6.45, 7) is 5.29. The van der Waals surface area contributed by atoms with Gasteiger partial charge in [0, 0.05) is 13.0 Å². The molecule has 0 saturated carbocycles. The van der Waals surface area contributed by atoms with Crippen molar-refractivity contribution in [3.8, 4) is 11.1 Å². The highest BCUT2D eigenvalue weighted by Crippen LogP contribution is 2.44. The molecule has 1 aliphatic carbocycles. The van der Waals surface area contributed by atoms with Gasteiger partial charge in [0.25, 0.3) is 0 Å². The molecule has 0 spiro atoms. The van der Waals surface area contributed by atoms with E-state index in [1.165, 1.54) is 7.11 Å². The Morgan fingerprint density at radius 3 is 2.09 bits per heavy atom. The van der Waals surface area contributed by atoms with E-state index in [0.717, 1.165) is 22.3 Å². The summed E-state index contributed by atoms with van der Waals surface area (Å²) in [5.41, 5.74) is 2.91. The number of carbonyl (C=O) groups excluding carboxylic acids is 2. The van der Waals surface area contributed by atoms with Crippen LogP contribution in [0.1, 0.15) is 50.7 Å². The van der Waals surface area contributed by atoms with E-state index in [1.54, 1.807) is 13.8 Å². The number of alkyl carbamates (subject to hydrolysis) is 1. The van der Waals surface area contributed by atoms with Gasteiger partial charge < -0.3 is 25.2 Å². The van der Waals surface area contributed by atoms with Crippen LogP contribution in [0.2, 0.25) is 0 Å². The highest BCUT2D eigenvalue weighted by molar-refractivity contribution is 5.93. The molecule has 2 unspecified atom stereocenters. The number of hydrogen-bond acceptors (Lipinski definition) is 5. The van der Waals surface area contributed by atoms with Crippen LogP contribution >= 0.6 is 0 Å². The maximum Gasteiger partial charge on any atom is 0.408 e. The van der Waals surface area contributed by atoms with Gasteiger partial charge in [-0.3, -0.25) is 4.79 Å². The zero-order chi connectivity index (χ0) is 25.6. The summed E-state index contributed by atoms with van der Waals surface area (Å²) in [4.78, 5) is 37.8. The quantitative estimate of drug-likeness (QED) is 0.447. The average Bonchev–Trinajstić information content (AvgIpc) is 3.18. The number of amides is 2. The second-order valence-corrected chi connectivity index (χ2v) is 8.99. The molecule has 35 heavy (non-hydrogen) atoms. The standard InChI is InChI=1S/C27H34N2O6/c1-5-17(3)23(24(30)31)28-25(32)27(6-2,16-34-4)29-26(33)35-15-22-20-13-9-7-11-18(20)19-12-8-10-14-21(19)22/h7-14,17,22-23H,5-6,15-16H2,1-4H3,(H,28,32)(H,29,33)(H,30,31)/t17?,23-,27?/m0/s1. The third kappa shape index (κ3) is 5.48. The van der Waals surface area contributed by atoms with Crippen LogP contribution in [0.15, 0.2) is 48.5 Å². The molecule has 188 valence electrons. The summed E-state index contributed by atoms with van der Waals surface area (Å²) in [5.74, 6) is -2.16. The van der Waals surface area contributed by atoms with Crippen molar-refractivity contribution in [3.63, 3.8) is 0 Å². The maximum absolute atomic E-state index is 13.2. The first-order chi connectivity index (χ1) is 16.8. The Hall–Kier alpha value is -3.39. The lowest BCUT2D eigenvalue weighted by Crippen LogP contribution is -2.64. The molecule has 0 fully saturated rings. The Balaban J connectivity index is 1.75. The molecule has 2 amide bonds. The third-order valence-electron chi connectivity index (χ3n) is 6.88. The Kier molecular flexibility index (Phi) is 8.51. The van der Waals surface area contributed by atoms with E-state index in [4.69, 9.17) is 9.47 Å². The number of carbonyl (C=O) groups is 3. The fourth-order valence-electron chi connectivity index (χ4n) is 4.55. The molecule has 2 aromatic carbocycles. The molecular weight excluding hydrogens is 448 g/mol. The first kappa shape index (κ1) is 26.2. The Morgan fingerprint density at radius 1 is 1.03 bits per heavy atom. The third-order valence-corrected chi connectivity index (χ3v) is 6.88. The molecule has 0 radical (unpaired) electrons. The van der Waals surface area contributed by atoms with Crippen molar-refractivity contribution in [1.29, 1.82) is 0 Å². The number of aliphatic carboxylic acids is 1. The Bertz CT molecular complexity index is 1030. The van der Waals surface area contributed by atoms with Crippen LogP contribution in [0.5, 0.6) is 0 Å². The summed E-state index contributed by atoms with van der Waals surface area (Å²) in [6, 6.07) is 14.9. The number of benzene rings is 2. The summed E-state index contributed by atoms with van der Waals surface area (Å²) in [5, 5.41) is 14.8. The van der Waals surface area contributed by atoms with Gasteiger partial charge >= 0.3 is 12.1 Å². The van der Waals surface area contributed by atoms with Crippen LogP contribution in [-0.4, -0.2) is 55.0 Å². The molecule has 0 heterocycles. The second kappa shape index (κ2) is 11.4. The van der Waals surface area contributed by atoms with Crippen molar-refractivity contribution in [1.82, 2.24) is 10.6 Å². The molecule has 0 saturated heterocycles. The average molecular weight is 483 g/mol. The van der Waals surface area contributed by atoms with Crippen molar-refractivity contribution in [2.24, 2.45) is 5.92 Å². The van der Waals surface area contributed by atoms with Crippen LogP contribution in [0, 0.1) is 5.92 Å². The van der Waals surface area contributed by atoms with Gasteiger partial charge in [-0.25, -0.2) is 9.59 Å². The molecule has 0 aliphatic heterocycles. The molecule has 1 aliphatic rings. The second-order valence-electron chi connectivity index (χ2n) is 8.99. The maximum atomic E-state index is 13.2. The van der Waals surface area contributed by atoms with Gasteiger partial charge in [0.1, 0.15) is 18.2 Å². The van der Waals surface area contributed by atoms with Crippen molar-refractivity contribution >= 4 is 18.0 Å². The van der Waals surface area contributed by atoms with Crippen molar-refractivity contribution in [2.75, 3.05) is 20.3 Å². The number of rotatable bonds is 11. The largest absolute Gasteiger partial charge is 0.480 e. The minimum Gasteiger partial charge on any atom is -0.480 e. The molecule has 8 heteroatoms. The van der Waals surface area contributed by atoms with E-state index in [9.17, 15) is 19.5 Å². The lowest BCUT2D eigenvalue weighted by atomic mass is 9.93. The molecule has 3 rings (SSSR count). The highest BCUT2D eigenvalue weighted by atomic mass is 16.5. The van der Waals surface area contributed by atoms with Gasteiger partial charge in [0.2, 0.25) is 5.91 Å². The minimum atomic E-state index is -1.47. The first-order valence-corrected chi connectivity index (χ1v) is 11.9. The van der Waals surface area contributed by atoms with Gasteiger partial charge in [0.05, 0.1) is 6.61 Å². The molecular formula is C27H34N2O6. The predicted octanol–water partition coefficient (Wildman–Crippen LogP) is 3.94. The number of carboxylic acid groups (broad SMARTS) is 1. The number of hydrogen-bond donors (Lipinski definition) is 3. The van der Waals surface area contributed by atoms with Gasteiger partial charge in [-0.2, -0.15) is 0 Å². The highest BCUT2D eigenvalue weighted by Gasteiger charge is 2.42. The van der Waals surface area contributed by atoms with E-state index >= 15 is 0 Å². The van der Waals surface area contributed by atoms with Gasteiger partial charge in [-0.05, 0) is 34.6 Å². The first-order valence-electron chi connectivity index (χ1n) is 11.9. The fourth-order valence-corrected chi connectivity index (χ4v) is 4.55. The zero-order valence-electron chi connectivity index (χ0n) is 20.7. The van der Waals surface area contributed by atoms with Crippen LogP contribution in [-0.2, 0) is 19.1 Å². The van der Waals surface area contributed by atoms with Crippen molar-refractivity contribution < 1.29 is 29.0 Å². The molecule has 3 N–H and O–H groups in total. The van der Waals surface area contributed by atoms with E-state index < -0.39 is 29.6 Å². The van der Waals surface area contributed by atoms with Gasteiger partial charge in [-0.15, -0.1) is 0 Å². The zero-order valence-corrected chi connectivity index (χ0v) is 20.7. The number of fused-ring (bicyclic) bond motifs is 3. The van der Waals surface area contributed by atoms with Crippen LogP contribution < -0.4 is 10.6 Å². The number of carboxylic acids is 1. The van der Waals surface area contributed by atoms with E-state index in [-0.39, 0.29) is 31.5 Å². The molecule has 2 aromatic rings. The number of ether oxygens (including phenoxy) is 2. The predicted molar refractivity (Wildman–Crippen MR) is 132 cm³/mol. The minimum absolute atomic E-state index is 0.0961. The van der Waals surface area contributed by atoms with E-state index in [1.807, 2.05) is 43.3 Å². The molecule has 0 aromatic heterocycles. The van der Waals surface area contributed by atoms with E-state index in [0.29, 0.717) is 6.42 Å².